The lowest BCUT2D eigenvalue weighted by Crippen LogP contribution is -2.53. The lowest BCUT2D eigenvalue weighted by molar-refractivity contribution is -0.135. The first kappa shape index (κ1) is 17.3. The summed E-state index contributed by atoms with van der Waals surface area (Å²) < 4.78 is 1.88. The maximum absolute atomic E-state index is 13.1. The summed E-state index contributed by atoms with van der Waals surface area (Å²) in [4.78, 5) is 30.4. The molecule has 1 aromatic carbocycles. The molecule has 4 heterocycles. The van der Waals surface area contributed by atoms with Crippen molar-refractivity contribution in [2.75, 3.05) is 13.1 Å². The second kappa shape index (κ2) is 6.63. The van der Waals surface area contributed by atoms with E-state index >= 15 is 0 Å². The summed E-state index contributed by atoms with van der Waals surface area (Å²) in [6.07, 6.45) is 3.50. The van der Waals surface area contributed by atoms with Crippen LogP contribution in [-0.2, 0) is 17.8 Å². The minimum Gasteiger partial charge on any atom is -0.361 e. The predicted octanol–water partition coefficient (Wildman–Crippen LogP) is 1.85. The van der Waals surface area contributed by atoms with Gasteiger partial charge in [0.05, 0.1) is 6.04 Å². The van der Waals surface area contributed by atoms with Gasteiger partial charge in [0.25, 0.3) is 5.56 Å². The molecular weight excluding hydrogens is 352 g/mol. The van der Waals surface area contributed by atoms with Crippen LogP contribution >= 0.6 is 0 Å². The van der Waals surface area contributed by atoms with Crippen molar-refractivity contribution in [3.63, 3.8) is 0 Å². The third-order valence-electron chi connectivity index (χ3n) is 6.22. The zero-order chi connectivity index (χ0) is 19.3. The number of para-hydroxylation sites is 1. The second-order valence-corrected chi connectivity index (χ2v) is 8.11. The molecule has 0 aliphatic carbocycles. The zero-order valence-corrected chi connectivity index (χ0v) is 15.7. The SMILES string of the molecule is N[C@@H](Cc1c[nH]c2ccccc12)C(=O)N1CC2CC(C1)c1cccc(=O)n1C2. The lowest BCUT2D eigenvalue weighted by atomic mass is 9.83. The monoisotopic (exact) mass is 376 g/mol. The molecule has 2 unspecified atom stereocenters. The average Bonchev–Trinajstić information content (AvgIpc) is 3.11. The molecule has 0 spiro atoms. The van der Waals surface area contributed by atoms with Crippen LogP contribution in [0.3, 0.4) is 0 Å². The molecule has 3 aromatic rings. The van der Waals surface area contributed by atoms with Crippen molar-refractivity contribution in [2.45, 2.75) is 31.3 Å². The molecule has 5 rings (SSSR count). The fourth-order valence-electron chi connectivity index (χ4n) is 4.94. The number of carbonyl (C=O) groups excluding carboxylic acids is 1. The molecule has 0 radical (unpaired) electrons. The Bertz CT molecular complexity index is 1100. The fourth-order valence-corrected chi connectivity index (χ4v) is 4.94. The van der Waals surface area contributed by atoms with E-state index in [1.54, 1.807) is 6.07 Å². The summed E-state index contributed by atoms with van der Waals surface area (Å²) in [6.45, 7) is 2.00. The van der Waals surface area contributed by atoms with Crippen LogP contribution < -0.4 is 11.3 Å². The third kappa shape index (κ3) is 2.85. The molecule has 3 N–H and O–H groups in total. The number of hydrogen-bond donors (Lipinski definition) is 2. The Kier molecular flexibility index (Phi) is 4.09. The van der Waals surface area contributed by atoms with E-state index in [0.29, 0.717) is 32.0 Å². The number of pyridine rings is 1. The highest BCUT2D eigenvalue weighted by atomic mass is 16.2. The highest BCUT2D eigenvalue weighted by Gasteiger charge is 2.37. The van der Waals surface area contributed by atoms with Crippen LogP contribution in [0.1, 0.15) is 23.6 Å². The lowest BCUT2D eigenvalue weighted by Gasteiger charge is -2.43. The minimum atomic E-state index is -0.559. The van der Waals surface area contributed by atoms with E-state index < -0.39 is 6.04 Å². The Morgan fingerprint density at radius 1 is 1.14 bits per heavy atom. The van der Waals surface area contributed by atoms with E-state index in [2.05, 4.69) is 11.1 Å². The van der Waals surface area contributed by atoms with Crippen molar-refractivity contribution in [2.24, 2.45) is 11.7 Å². The molecule has 6 heteroatoms. The number of piperidine rings is 1. The number of amides is 1. The molecule has 0 saturated carbocycles. The fraction of sp³-hybridized carbons (Fsp3) is 0.364. The van der Waals surface area contributed by atoms with E-state index in [1.807, 2.05) is 46.0 Å². The van der Waals surface area contributed by atoms with E-state index in [1.165, 1.54) is 0 Å². The summed E-state index contributed by atoms with van der Waals surface area (Å²) >= 11 is 0. The van der Waals surface area contributed by atoms with E-state index in [-0.39, 0.29) is 17.4 Å². The summed E-state index contributed by atoms with van der Waals surface area (Å²) in [5.74, 6) is 0.535. The van der Waals surface area contributed by atoms with Crippen molar-refractivity contribution in [3.8, 4) is 0 Å². The number of nitrogens with two attached hydrogens (primary N) is 1. The van der Waals surface area contributed by atoms with Crippen molar-refractivity contribution >= 4 is 16.8 Å². The number of likely N-dealkylation sites (tertiary alicyclic amines) is 1. The largest absolute Gasteiger partial charge is 0.361 e. The van der Waals surface area contributed by atoms with Gasteiger partial charge in [-0.25, -0.2) is 0 Å². The molecular formula is C22H24N4O2. The van der Waals surface area contributed by atoms with Crippen LogP contribution in [0.4, 0.5) is 0 Å². The first-order valence-electron chi connectivity index (χ1n) is 9.89. The van der Waals surface area contributed by atoms with Crippen molar-refractivity contribution in [1.82, 2.24) is 14.5 Å². The topological polar surface area (TPSA) is 84.1 Å². The number of aromatic amines is 1. The van der Waals surface area contributed by atoms with Gasteiger partial charge in [0.2, 0.25) is 5.91 Å². The molecule has 3 atom stereocenters. The van der Waals surface area contributed by atoms with E-state index in [4.69, 9.17) is 5.73 Å². The van der Waals surface area contributed by atoms with Crippen LogP contribution in [0.5, 0.6) is 0 Å². The molecule has 2 bridgehead atoms. The Morgan fingerprint density at radius 3 is 2.89 bits per heavy atom. The first-order chi connectivity index (χ1) is 13.6. The molecule has 2 aromatic heterocycles. The van der Waals surface area contributed by atoms with Gasteiger partial charge in [0.1, 0.15) is 0 Å². The van der Waals surface area contributed by atoms with Gasteiger partial charge in [-0.1, -0.05) is 24.3 Å². The summed E-state index contributed by atoms with van der Waals surface area (Å²) in [7, 11) is 0. The molecule has 1 amide bonds. The van der Waals surface area contributed by atoms with Crippen LogP contribution in [0, 0.1) is 5.92 Å². The van der Waals surface area contributed by atoms with Gasteiger partial charge >= 0.3 is 0 Å². The molecule has 28 heavy (non-hydrogen) atoms. The third-order valence-corrected chi connectivity index (χ3v) is 6.22. The number of benzene rings is 1. The van der Waals surface area contributed by atoms with Gasteiger partial charge in [-0.3, -0.25) is 9.59 Å². The molecule has 144 valence electrons. The molecule has 6 nitrogen and oxygen atoms in total. The molecule has 1 fully saturated rings. The van der Waals surface area contributed by atoms with Crippen LogP contribution in [0.2, 0.25) is 0 Å². The number of nitrogens with one attached hydrogen (secondary N) is 1. The number of carbonyl (C=O) groups is 1. The number of hydrogen-bond acceptors (Lipinski definition) is 3. The Hall–Kier alpha value is -2.86. The molecule has 2 aliphatic rings. The van der Waals surface area contributed by atoms with Crippen molar-refractivity contribution in [3.05, 3.63) is 70.3 Å². The standard InChI is InChI=1S/C22H24N4O2/c23-18(9-15-10-24-19-5-2-1-4-17(15)19)22(28)25-11-14-8-16(13-25)20-6-3-7-21(27)26(20)12-14/h1-7,10,14,16,18,24H,8-9,11-13,23H2/t14?,16?,18-/m0/s1. The van der Waals surface area contributed by atoms with Crippen LogP contribution in [0.25, 0.3) is 10.9 Å². The minimum absolute atomic E-state index is 0.00621. The van der Waals surface area contributed by atoms with Crippen LogP contribution in [-0.4, -0.2) is 39.5 Å². The highest BCUT2D eigenvalue weighted by molar-refractivity contribution is 5.86. The number of nitrogens with zero attached hydrogens (tertiary/aromatic N) is 2. The van der Waals surface area contributed by atoms with Crippen molar-refractivity contribution < 1.29 is 4.79 Å². The number of fused-ring (bicyclic) bond motifs is 5. The van der Waals surface area contributed by atoms with Gasteiger partial charge in [0.15, 0.2) is 0 Å². The maximum Gasteiger partial charge on any atom is 0.250 e. The average molecular weight is 376 g/mol. The van der Waals surface area contributed by atoms with Gasteiger partial charge in [-0.05, 0) is 36.5 Å². The van der Waals surface area contributed by atoms with Crippen molar-refractivity contribution in [1.29, 1.82) is 0 Å². The maximum atomic E-state index is 13.1. The summed E-state index contributed by atoms with van der Waals surface area (Å²) in [5.41, 5.74) is 9.58. The normalized spacial score (nSPS) is 22.1. The first-order valence-corrected chi connectivity index (χ1v) is 9.89. The summed E-state index contributed by atoms with van der Waals surface area (Å²) in [6, 6.07) is 13.0. The summed E-state index contributed by atoms with van der Waals surface area (Å²) in [5, 5.41) is 1.12. The Labute approximate surface area is 163 Å². The van der Waals surface area contributed by atoms with Gasteiger partial charge in [0, 0.05) is 54.4 Å². The molecule has 2 aliphatic heterocycles. The van der Waals surface area contributed by atoms with E-state index in [0.717, 1.165) is 28.6 Å². The van der Waals surface area contributed by atoms with Gasteiger partial charge in [-0.2, -0.15) is 0 Å². The quantitative estimate of drug-likeness (QED) is 0.732. The number of H-pyrrole nitrogens is 1. The second-order valence-electron chi connectivity index (χ2n) is 8.11. The Morgan fingerprint density at radius 2 is 2.00 bits per heavy atom. The van der Waals surface area contributed by atoms with Gasteiger partial charge in [-0.15, -0.1) is 0 Å². The number of rotatable bonds is 3. The highest BCUT2D eigenvalue weighted by Crippen LogP contribution is 2.35. The smallest absolute Gasteiger partial charge is 0.250 e. The zero-order valence-electron chi connectivity index (χ0n) is 15.7. The molecule has 1 saturated heterocycles. The van der Waals surface area contributed by atoms with Crippen LogP contribution in [0.15, 0.2) is 53.5 Å². The number of aromatic nitrogens is 2. The predicted molar refractivity (Wildman–Crippen MR) is 108 cm³/mol. The Balaban J connectivity index is 1.34. The van der Waals surface area contributed by atoms with E-state index in [9.17, 15) is 9.59 Å². The van der Waals surface area contributed by atoms with Gasteiger partial charge < -0.3 is 20.2 Å².